The minimum absolute atomic E-state index is 0.167. The van der Waals surface area contributed by atoms with E-state index in [1.807, 2.05) is 0 Å². The highest BCUT2D eigenvalue weighted by molar-refractivity contribution is 7.98. The number of ether oxygens (including phenoxy) is 1. The zero-order valence-electron chi connectivity index (χ0n) is 20.0. The summed E-state index contributed by atoms with van der Waals surface area (Å²) in [6.07, 6.45) is 6.03. The molecular formula is C25H32FN5O2S. The van der Waals surface area contributed by atoms with Crippen molar-refractivity contribution in [3.05, 3.63) is 47.6 Å². The van der Waals surface area contributed by atoms with Gasteiger partial charge in [0.2, 0.25) is 5.89 Å². The molecule has 182 valence electrons. The molecule has 0 N–H and O–H groups in total. The second-order valence-electron chi connectivity index (χ2n) is 10.1. The lowest BCUT2D eigenvalue weighted by molar-refractivity contribution is 0.215. The van der Waals surface area contributed by atoms with Crippen LogP contribution in [0.15, 0.2) is 33.9 Å². The lowest BCUT2D eigenvalue weighted by Crippen LogP contribution is -2.24. The van der Waals surface area contributed by atoms with Crippen molar-refractivity contribution in [1.82, 2.24) is 24.9 Å². The molecule has 0 spiro atoms. The third-order valence-corrected chi connectivity index (χ3v) is 8.11. The predicted molar refractivity (Wildman–Crippen MR) is 127 cm³/mol. The number of para-hydroxylation sites is 1. The van der Waals surface area contributed by atoms with Gasteiger partial charge >= 0.3 is 0 Å². The summed E-state index contributed by atoms with van der Waals surface area (Å²) >= 11 is 1.56. The highest BCUT2D eigenvalue weighted by atomic mass is 32.2. The summed E-state index contributed by atoms with van der Waals surface area (Å²) < 4.78 is 27.5. The van der Waals surface area contributed by atoms with Crippen LogP contribution in [0.4, 0.5) is 4.39 Å². The van der Waals surface area contributed by atoms with Crippen LogP contribution in [-0.2, 0) is 18.8 Å². The van der Waals surface area contributed by atoms with E-state index in [0.29, 0.717) is 29.3 Å². The Morgan fingerprint density at radius 2 is 2.03 bits per heavy atom. The van der Waals surface area contributed by atoms with Crippen LogP contribution in [0.2, 0.25) is 0 Å². The number of hydrogen-bond donors (Lipinski definition) is 0. The molecule has 0 radical (unpaired) electrons. The first kappa shape index (κ1) is 23.3. The molecule has 34 heavy (non-hydrogen) atoms. The normalized spacial score (nSPS) is 22.6. The van der Waals surface area contributed by atoms with Crippen LogP contribution in [0.1, 0.15) is 70.0 Å². The van der Waals surface area contributed by atoms with E-state index in [1.165, 1.54) is 31.7 Å². The molecule has 2 aliphatic carbocycles. The molecule has 4 atom stereocenters. The summed E-state index contributed by atoms with van der Waals surface area (Å²) in [5.74, 6) is 5.12. The van der Waals surface area contributed by atoms with Gasteiger partial charge in [-0.25, -0.2) is 4.39 Å². The Labute approximate surface area is 203 Å². The van der Waals surface area contributed by atoms with Gasteiger partial charge in [-0.1, -0.05) is 49.3 Å². The fraction of sp³-hybridized carbons (Fsp3) is 0.600. The molecule has 2 saturated carbocycles. The van der Waals surface area contributed by atoms with Gasteiger partial charge in [0.1, 0.15) is 6.61 Å². The molecule has 4 unspecified atom stereocenters. The Hall–Kier alpha value is -2.42. The summed E-state index contributed by atoms with van der Waals surface area (Å²) in [6, 6.07) is 6.70. The molecule has 9 heteroatoms. The van der Waals surface area contributed by atoms with E-state index in [2.05, 4.69) is 45.7 Å². The molecule has 0 saturated heterocycles. The van der Waals surface area contributed by atoms with E-state index in [9.17, 15) is 4.39 Å². The smallest absolute Gasteiger partial charge is 0.226 e. The van der Waals surface area contributed by atoms with Gasteiger partial charge in [-0.05, 0) is 62.0 Å². The maximum absolute atomic E-state index is 14.1. The van der Waals surface area contributed by atoms with Crippen LogP contribution < -0.4 is 4.74 Å². The van der Waals surface area contributed by atoms with Crippen LogP contribution in [0.25, 0.3) is 0 Å². The predicted octanol–water partition coefficient (Wildman–Crippen LogP) is 5.87. The first-order valence-electron chi connectivity index (χ1n) is 12.2. The maximum Gasteiger partial charge on any atom is 0.226 e. The standard InChI is InChI=1S/C25H32FN5O2S/c1-15(2)10-24-27-22(30-33-24)14-34-25-29-28-23(13-32-21-7-5-4-6-20(21)26)31(25)16(3)19-12-17-8-9-18(19)11-17/h4-7,15-19H,8-14H2,1-3H3. The zero-order valence-corrected chi connectivity index (χ0v) is 20.8. The van der Waals surface area contributed by atoms with Crippen LogP contribution in [0, 0.1) is 29.5 Å². The van der Waals surface area contributed by atoms with E-state index in [4.69, 9.17) is 9.26 Å². The number of aromatic nitrogens is 5. The SMILES string of the molecule is CC(C)Cc1nc(CSc2nnc(COc3ccccc3F)n2C(C)C2CC3CCC2C3)no1. The van der Waals surface area contributed by atoms with Gasteiger partial charge in [0.25, 0.3) is 0 Å². The number of rotatable bonds is 10. The highest BCUT2D eigenvalue weighted by Gasteiger charge is 2.43. The molecule has 2 bridgehead atoms. The van der Waals surface area contributed by atoms with Crippen molar-refractivity contribution in [1.29, 1.82) is 0 Å². The molecule has 7 nitrogen and oxygen atoms in total. The lowest BCUT2D eigenvalue weighted by atomic mass is 9.84. The number of nitrogens with zero attached hydrogens (tertiary/aromatic N) is 5. The summed E-state index contributed by atoms with van der Waals surface area (Å²) in [7, 11) is 0. The van der Waals surface area contributed by atoms with Crippen LogP contribution in [0.5, 0.6) is 5.75 Å². The van der Waals surface area contributed by atoms with Crippen molar-refractivity contribution in [2.45, 2.75) is 76.4 Å². The molecule has 2 aliphatic rings. The third-order valence-electron chi connectivity index (χ3n) is 7.17. The minimum atomic E-state index is -0.376. The van der Waals surface area contributed by atoms with E-state index in [1.54, 1.807) is 30.0 Å². The fourth-order valence-corrected chi connectivity index (χ4v) is 6.49. The first-order chi connectivity index (χ1) is 16.5. The summed E-state index contributed by atoms with van der Waals surface area (Å²) in [4.78, 5) is 4.52. The van der Waals surface area contributed by atoms with Gasteiger partial charge < -0.3 is 9.26 Å². The molecule has 1 aromatic carbocycles. The number of thioether (sulfide) groups is 1. The van der Waals surface area contributed by atoms with E-state index >= 15 is 0 Å². The average molecular weight is 486 g/mol. The number of halogens is 1. The lowest BCUT2D eigenvalue weighted by Gasteiger charge is -2.30. The second-order valence-corrected chi connectivity index (χ2v) is 11.0. The molecule has 5 rings (SSSR count). The molecule has 2 aromatic heterocycles. The van der Waals surface area contributed by atoms with Crippen LogP contribution >= 0.6 is 11.8 Å². The van der Waals surface area contributed by atoms with Gasteiger partial charge in [0, 0.05) is 12.5 Å². The molecule has 2 heterocycles. The molecule has 0 aliphatic heterocycles. The van der Waals surface area contributed by atoms with Gasteiger partial charge in [-0.3, -0.25) is 4.57 Å². The van der Waals surface area contributed by atoms with Crippen molar-refractivity contribution in [2.75, 3.05) is 0 Å². The van der Waals surface area contributed by atoms with Crippen molar-refractivity contribution in [3.8, 4) is 5.75 Å². The van der Waals surface area contributed by atoms with Crippen LogP contribution in [0.3, 0.4) is 0 Å². The van der Waals surface area contributed by atoms with Crippen molar-refractivity contribution in [2.24, 2.45) is 23.7 Å². The minimum Gasteiger partial charge on any atom is -0.483 e. The molecule has 2 fully saturated rings. The van der Waals surface area contributed by atoms with Crippen LogP contribution in [-0.4, -0.2) is 24.9 Å². The Morgan fingerprint density at radius 1 is 1.18 bits per heavy atom. The summed E-state index contributed by atoms with van der Waals surface area (Å²) in [5, 5.41) is 13.9. The number of hydrogen-bond acceptors (Lipinski definition) is 7. The van der Waals surface area contributed by atoms with Gasteiger partial charge in [-0.15, -0.1) is 10.2 Å². The number of benzene rings is 1. The second kappa shape index (κ2) is 10.1. The highest BCUT2D eigenvalue weighted by Crippen LogP contribution is 2.52. The first-order valence-corrected chi connectivity index (χ1v) is 13.2. The van der Waals surface area contributed by atoms with Crippen molar-refractivity contribution >= 4 is 11.8 Å². The van der Waals surface area contributed by atoms with E-state index < -0.39 is 0 Å². The molecular weight excluding hydrogens is 453 g/mol. The third kappa shape index (κ3) is 4.99. The summed E-state index contributed by atoms with van der Waals surface area (Å²) in [6.45, 7) is 6.69. The quantitative estimate of drug-likeness (QED) is 0.332. The summed E-state index contributed by atoms with van der Waals surface area (Å²) in [5.41, 5.74) is 0. The zero-order chi connectivity index (χ0) is 23.7. The number of fused-ring (bicyclic) bond motifs is 2. The maximum atomic E-state index is 14.1. The van der Waals surface area contributed by atoms with Crippen molar-refractivity contribution < 1.29 is 13.7 Å². The monoisotopic (exact) mass is 485 g/mol. The Bertz CT molecular complexity index is 1120. The van der Waals surface area contributed by atoms with Gasteiger partial charge in [-0.2, -0.15) is 4.98 Å². The van der Waals surface area contributed by atoms with E-state index in [0.717, 1.165) is 29.2 Å². The Morgan fingerprint density at radius 3 is 2.76 bits per heavy atom. The largest absolute Gasteiger partial charge is 0.483 e. The molecule has 3 aromatic rings. The topological polar surface area (TPSA) is 78.9 Å². The Balaban J connectivity index is 1.34. The fourth-order valence-electron chi connectivity index (χ4n) is 5.60. The Kier molecular flexibility index (Phi) is 6.90. The van der Waals surface area contributed by atoms with E-state index in [-0.39, 0.29) is 24.2 Å². The van der Waals surface area contributed by atoms with Gasteiger partial charge in [0.05, 0.1) is 5.75 Å². The molecule has 0 amide bonds. The average Bonchev–Trinajstić information content (AvgIpc) is 3.61. The van der Waals surface area contributed by atoms with Crippen molar-refractivity contribution in [3.63, 3.8) is 0 Å². The van der Waals surface area contributed by atoms with Gasteiger partial charge in [0.15, 0.2) is 28.4 Å².